The van der Waals surface area contributed by atoms with E-state index in [1.165, 1.54) is 6.92 Å². The molecule has 20 heavy (non-hydrogen) atoms. The van der Waals surface area contributed by atoms with Crippen molar-refractivity contribution in [3.05, 3.63) is 41.2 Å². The molecular weight excluding hydrogens is 264 g/mol. The lowest BCUT2D eigenvalue weighted by molar-refractivity contribution is 0.188. The maximum atomic E-state index is 13.8. The number of aromatic nitrogens is 2. The molecule has 0 radical (unpaired) electrons. The van der Waals surface area contributed by atoms with E-state index in [0.717, 1.165) is 17.8 Å². The summed E-state index contributed by atoms with van der Waals surface area (Å²) in [6, 6.07) is 2.29. The van der Waals surface area contributed by atoms with Gasteiger partial charge in [-0.1, -0.05) is 0 Å². The molecular formula is C14H17F2N3O. The summed E-state index contributed by atoms with van der Waals surface area (Å²) in [5, 5.41) is 2.82. The zero-order valence-electron chi connectivity index (χ0n) is 11.7. The first kappa shape index (κ1) is 14.5. The zero-order valence-corrected chi connectivity index (χ0v) is 11.7. The van der Waals surface area contributed by atoms with Gasteiger partial charge in [0.05, 0.1) is 18.0 Å². The zero-order chi connectivity index (χ0) is 14.7. The normalized spacial score (nSPS) is 10.8. The van der Waals surface area contributed by atoms with Crippen LogP contribution in [0.3, 0.4) is 0 Å². The van der Waals surface area contributed by atoms with Crippen LogP contribution >= 0.6 is 0 Å². The lowest BCUT2D eigenvalue weighted by Gasteiger charge is -2.11. The molecule has 0 amide bonds. The van der Waals surface area contributed by atoms with E-state index in [1.807, 2.05) is 13.1 Å². The van der Waals surface area contributed by atoms with Crippen LogP contribution in [-0.2, 0) is 11.3 Å². The molecule has 0 saturated heterocycles. The van der Waals surface area contributed by atoms with Gasteiger partial charge in [-0.15, -0.1) is 0 Å². The second-order valence-corrected chi connectivity index (χ2v) is 4.60. The van der Waals surface area contributed by atoms with E-state index in [1.54, 1.807) is 11.7 Å². The number of anilines is 2. The van der Waals surface area contributed by atoms with Crippen LogP contribution in [0.5, 0.6) is 0 Å². The molecule has 1 aromatic carbocycles. The van der Waals surface area contributed by atoms with Crippen molar-refractivity contribution in [3.63, 3.8) is 0 Å². The minimum absolute atomic E-state index is 0.0670. The Bertz CT molecular complexity index is 611. The Kier molecular flexibility index (Phi) is 4.34. The number of benzene rings is 1. The van der Waals surface area contributed by atoms with Crippen LogP contribution in [0.25, 0.3) is 0 Å². The number of halogens is 2. The van der Waals surface area contributed by atoms with Gasteiger partial charge in [-0.25, -0.2) is 13.8 Å². The first-order valence-electron chi connectivity index (χ1n) is 6.26. The average molecular weight is 281 g/mol. The van der Waals surface area contributed by atoms with Crippen molar-refractivity contribution < 1.29 is 13.5 Å². The highest BCUT2D eigenvalue weighted by Gasteiger charge is 2.11. The van der Waals surface area contributed by atoms with Gasteiger partial charge in [0.25, 0.3) is 0 Å². The summed E-state index contributed by atoms with van der Waals surface area (Å²) in [4.78, 5) is 4.26. The maximum absolute atomic E-state index is 13.8. The van der Waals surface area contributed by atoms with E-state index in [9.17, 15) is 8.78 Å². The Balaban J connectivity index is 2.27. The van der Waals surface area contributed by atoms with Crippen molar-refractivity contribution in [2.75, 3.05) is 19.0 Å². The molecule has 1 heterocycles. The summed E-state index contributed by atoms with van der Waals surface area (Å²) in [6.45, 7) is 4.44. The van der Waals surface area contributed by atoms with Gasteiger partial charge >= 0.3 is 0 Å². The molecule has 1 aromatic heterocycles. The van der Waals surface area contributed by atoms with Crippen molar-refractivity contribution in [2.24, 2.45) is 0 Å². The van der Waals surface area contributed by atoms with Gasteiger partial charge in [0.1, 0.15) is 11.6 Å². The summed E-state index contributed by atoms with van der Waals surface area (Å²) in [7, 11) is 1.60. The first-order chi connectivity index (χ1) is 9.51. The van der Waals surface area contributed by atoms with Crippen molar-refractivity contribution in [2.45, 2.75) is 20.4 Å². The van der Waals surface area contributed by atoms with E-state index < -0.39 is 11.6 Å². The van der Waals surface area contributed by atoms with Gasteiger partial charge in [-0.2, -0.15) is 0 Å². The quantitative estimate of drug-likeness (QED) is 0.915. The average Bonchev–Trinajstić information content (AvgIpc) is 2.73. The topological polar surface area (TPSA) is 39.1 Å². The van der Waals surface area contributed by atoms with Gasteiger partial charge in [0.2, 0.25) is 5.95 Å². The van der Waals surface area contributed by atoms with E-state index in [2.05, 4.69) is 10.3 Å². The fraction of sp³-hybridized carbons (Fsp3) is 0.357. The third-order valence-corrected chi connectivity index (χ3v) is 2.93. The summed E-state index contributed by atoms with van der Waals surface area (Å²) in [5.41, 5.74) is 1.13. The minimum atomic E-state index is -0.511. The van der Waals surface area contributed by atoms with E-state index in [0.29, 0.717) is 19.1 Å². The van der Waals surface area contributed by atoms with Crippen LogP contribution in [0, 0.1) is 25.5 Å². The fourth-order valence-electron chi connectivity index (χ4n) is 1.87. The van der Waals surface area contributed by atoms with Gasteiger partial charge < -0.3 is 14.6 Å². The molecule has 0 aliphatic carbocycles. The number of methoxy groups -OCH3 is 1. The van der Waals surface area contributed by atoms with Crippen LogP contribution in [-0.4, -0.2) is 23.3 Å². The van der Waals surface area contributed by atoms with Gasteiger partial charge in [0, 0.05) is 25.9 Å². The van der Waals surface area contributed by atoms with Crippen molar-refractivity contribution in [3.8, 4) is 0 Å². The predicted molar refractivity (Wildman–Crippen MR) is 73.2 cm³/mol. The van der Waals surface area contributed by atoms with E-state index in [4.69, 9.17) is 4.74 Å². The van der Waals surface area contributed by atoms with Crippen molar-refractivity contribution in [1.82, 2.24) is 9.55 Å². The molecule has 6 heteroatoms. The number of rotatable bonds is 5. The standard InChI is InChI=1S/C14H17F2N3O/c1-9-6-12(16)13(7-11(9)15)18-14-17-10(2)8-19(14)4-5-20-3/h6-8H,4-5H2,1-3H3,(H,17,18). The smallest absolute Gasteiger partial charge is 0.207 e. The second-order valence-electron chi connectivity index (χ2n) is 4.60. The minimum Gasteiger partial charge on any atom is -0.383 e. The van der Waals surface area contributed by atoms with Crippen LogP contribution in [0.1, 0.15) is 11.3 Å². The van der Waals surface area contributed by atoms with Crippen LogP contribution in [0.4, 0.5) is 20.4 Å². The third-order valence-electron chi connectivity index (χ3n) is 2.93. The lowest BCUT2D eigenvalue weighted by atomic mass is 10.2. The van der Waals surface area contributed by atoms with Gasteiger partial charge in [0.15, 0.2) is 0 Å². The molecule has 0 spiro atoms. The summed E-state index contributed by atoms with van der Waals surface area (Å²) in [6.07, 6.45) is 1.82. The summed E-state index contributed by atoms with van der Waals surface area (Å²) in [5.74, 6) is -0.509. The van der Waals surface area contributed by atoms with E-state index >= 15 is 0 Å². The Morgan fingerprint density at radius 2 is 2.00 bits per heavy atom. The Hall–Kier alpha value is -1.95. The Morgan fingerprint density at radius 1 is 1.25 bits per heavy atom. The largest absolute Gasteiger partial charge is 0.383 e. The van der Waals surface area contributed by atoms with Crippen molar-refractivity contribution in [1.29, 1.82) is 0 Å². The summed E-state index contributed by atoms with van der Waals surface area (Å²) >= 11 is 0. The molecule has 4 nitrogen and oxygen atoms in total. The Labute approximate surface area is 116 Å². The molecule has 0 atom stereocenters. The highest BCUT2D eigenvalue weighted by Crippen LogP contribution is 2.22. The van der Waals surface area contributed by atoms with Gasteiger partial charge in [-0.05, 0) is 25.5 Å². The third kappa shape index (κ3) is 3.14. The number of hydrogen-bond donors (Lipinski definition) is 1. The Morgan fingerprint density at radius 3 is 2.70 bits per heavy atom. The highest BCUT2D eigenvalue weighted by atomic mass is 19.1. The van der Waals surface area contributed by atoms with Gasteiger partial charge in [-0.3, -0.25) is 0 Å². The molecule has 0 aliphatic heterocycles. The lowest BCUT2D eigenvalue weighted by Crippen LogP contribution is -2.08. The number of hydrogen-bond acceptors (Lipinski definition) is 3. The molecule has 0 aliphatic rings. The molecule has 2 aromatic rings. The number of nitrogens with one attached hydrogen (secondary N) is 1. The molecule has 0 saturated carbocycles. The monoisotopic (exact) mass is 281 g/mol. The molecule has 0 bridgehead atoms. The van der Waals surface area contributed by atoms with Crippen molar-refractivity contribution >= 4 is 11.6 Å². The second kappa shape index (κ2) is 6.00. The molecule has 0 fully saturated rings. The summed E-state index contributed by atoms with van der Waals surface area (Å²) < 4.78 is 34.1. The number of ether oxygens (including phenoxy) is 1. The number of aryl methyl sites for hydroxylation is 2. The first-order valence-corrected chi connectivity index (χ1v) is 6.26. The molecule has 0 unspecified atom stereocenters. The molecule has 2 rings (SSSR count). The SMILES string of the molecule is COCCn1cc(C)nc1Nc1cc(F)c(C)cc1F. The fourth-order valence-corrected chi connectivity index (χ4v) is 1.87. The van der Waals surface area contributed by atoms with Crippen LogP contribution in [0.2, 0.25) is 0 Å². The number of imidazole rings is 1. The number of nitrogens with zero attached hydrogens (tertiary/aromatic N) is 2. The van der Waals surface area contributed by atoms with Crippen LogP contribution in [0.15, 0.2) is 18.3 Å². The molecule has 1 N–H and O–H groups in total. The van der Waals surface area contributed by atoms with E-state index in [-0.39, 0.29) is 11.3 Å². The van der Waals surface area contributed by atoms with Crippen LogP contribution < -0.4 is 5.32 Å². The maximum Gasteiger partial charge on any atom is 0.207 e. The highest BCUT2D eigenvalue weighted by molar-refractivity contribution is 5.55. The predicted octanol–water partition coefficient (Wildman–Crippen LogP) is 3.17. The molecule has 108 valence electrons.